The van der Waals surface area contributed by atoms with E-state index in [1.54, 1.807) is 0 Å². The van der Waals surface area contributed by atoms with Gasteiger partial charge < -0.3 is 10.1 Å². The van der Waals surface area contributed by atoms with E-state index in [9.17, 15) is 0 Å². The molecule has 86 valence electrons. The molecular formula is C13H23NO. The van der Waals surface area contributed by atoms with Crippen LogP contribution in [0.4, 0.5) is 0 Å². The van der Waals surface area contributed by atoms with Gasteiger partial charge in [-0.05, 0) is 39.1 Å². The van der Waals surface area contributed by atoms with Crippen LogP contribution >= 0.6 is 0 Å². The lowest BCUT2D eigenvalue weighted by molar-refractivity contribution is 0.310. The lowest BCUT2D eigenvalue weighted by atomic mass is 10.2. The average molecular weight is 209 g/mol. The highest BCUT2D eigenvalue weighted by molar-refractivity contribution is 5.26. The van der Waals surface area contributed by atoms with Gasteiger partial charge in [0.1, 0.15) is 5.75 Å². The van der Waals surface area contributed by atoms with E-state index in [2.05, 4.69) is 24.4 Å². The topological polar surface area (TPSA) is 21.3 Å². The van der Waals surface area contributed by atoms with Gasteiger partial charge in [-0.3, -0.25) is 0 Å². The second kappa shape index (κ2) is 9.53. The molecule has 1 aromatic rings. The quantitative estimate of drug-likeness (QED) is 0.753. The van der Waals surface area contributed by atoms with E-state index in [4.69, 9.17) is 4.74 Å². The van der Waals surface area contributed by atoms with Crippen LogP contribution in [0.2, 0.25) is 0 Å². The van der Waals surface area contributed by atoms with E-state index in [-0.39, 0.29) is 0 Å². The largest absolute Gasteiger partial charge is 0.494 e. The Morgan fingerprint density at radius 2 is 1.73 bits per heavy atom. The van der Waals surface area contributed by atoms with Crippen LogP contribution in [0.5, 0.6) is 5.75 Å². The molecule has 1 N–H and O–H groups in total. The van der Waals surface area contributed by atoms with Crippen molar-refractivity contribution in [3.8, 4) is 5.75 Å². The normalized spacial score (nSPS) is 9.07. The standard InChI is InChI=1S/C11H17NO.C2H6/c1-10-4-6-11(7-5-10)13-9-3-8-12-2;1-2/h4-7,12H,3,8-9H2,1-2H3;1-2H3. The molecule has 0 aliphatic rings. The highest BCUT2D eigenvalue weighted by Crippen LogP contribution is 2.11. The second-order valence-electron chi connectivity index (χ2n) is 3.12. The van der Waals surface area contributed by atoms with Gasteiger partial charge in [-0.1, -0.05) is 31.5 Å². The maximum Gasteiger partial charge on any atom is 0.119 e. The molecule has 1 rings (SSSR count). The van der Waals surface area contributed by atoms with Crippen LogP contribution < -0.4 is 10.1 Å². The molecule has 0 saturated heterocycles. The lowest BCUT2D eigenvalue weighted by Crippen LogP contribution is -2.11. The Hall–Kier alpha value is -1.02. The van der Waals surface area contributed by atoms with Crippen LogP contribution in [0.25, 0.3) is 0 Å². The minimum Gasteiger partial charge on any atom is -0.494 e. The van der Waals surface area contributed by atoms with Gasteiger partial charge in [0.05, 0.1) is 6.61 Å². The Kier molecular flexibility index (Phi) is 8.88. The fourth-order valence-electron chi connectivity index (χ4n) is 1.07. The van der Waals surface area contributed by atoms with Gasteiger partial charge in [-0.15, -0.1) is 0 Å². The van der Waals surface area contributed by atoms with Crippen LogP contribution in [0.3, 0.4) is 0 Å². The fourth-order valence-corrected chi connectivity index (χ4v) is 1.07. The van der Waals surface area contributed by atoms with Crippen molar-refractivity contribution in [2.45, 2.75) is 27.2 Å². The second-order valence-corrected chi connectivity index (χ2v) is 3.12. The van der Waals surface area contributed by atoms with Crippen LogP contribution in [0, 0.1) is 6.92 Å². The van der Waals surface area contributed by atoms with E-state index in [0.29, 0.717) is 0 Å². The van der Waals surface area contributed by atoms with Crippen molar-refractivity contribution in [1.82, 2.24) is 5.32 Å². The number of benzene rings is 1. The average Bonchev–Trinajstić information content (AvgIpc) is 2.30. The summed E-state index contributed by atoms with van der Waals surface area (Å²) in [6, 6.07) is 8.14. The van der Waals surface area contributed by atoms with E-state index < -0.39 is 0 Å². The molecule has 0 fully saturated rings. The number of ether oxygens (including phenoxy) is 1. The summed E-state index contributed by atoms with van der Waals surface area (Å²) in [6.45, 7) is 7.86. The van der Waals surface area contributed by atoms with Crippen LogP contribution in [-0.2, 0) is 0 Å². The van der Waals surface area contributed by atoms with Crippen molar-refractivity contribution in [3.05, 3.63) is 29.8 Å². The first kappa shape index (κ1) is 14.0. The molecule has 0 aromatic heterocycles. The highest BCUT2D eigenvalue weighted by atomic mass is 16.5. The first-order chi connectivity index (χ1) is 7.33. The summed E-state index contributed by atoms with van der Waals surface area (Å²) < 4.78 is 5.52. The smallest absolute Gasteiger partial charge is 0.119 e. The third kappa shape index (κ3) is 6.97. The zero-order valence-electron chi connectivity index (χ0n) is 10.3. The summed E-state index contributed by atoms with van der Waals surface area (Å²) in [6.07, 6.45) is 1.05. The van der Waals surface area contributed by atoms with E-state index in [0.717, 1.165) is 25.3 Å². The summed E-state index contributed by atoms with van der Waals surface area (Å²) in [4.78, 5) is 0. The summed E-state index contributed by atoms with van der Waals surface area (Å²) >= 11 is 0. The van der Waals surface area contributed by atoms with Crippen molar-refractivity contribution >= 4 is 0 Å². The first-order valence-corrected chi connectivity index (χ1v) is 5.67. The molecule has 2 heteroatoms. The molecule has 15 heavy (non-hydrogen) atoms. The Balaban J connectivity index is 0.000000921. The molecule has 0 bridgehead atoms. The Morgan fingerprint density at radius 3 is 2.27 bits per heavy atom. The van der Waals surface area contributed by atoms with Crippen LogP contribution in [0.1, 0.15) is 25.8 Å². The van der Waals surface area contributed by atoms with Gasteiger partial charge in [-0.25, -0.2) is 0 Å². The number of aryl methyl sites for hydroxylation is 1. The van der Waals surface area contributed by atoms with Crippen molar-refractivity contribution in [2.75, 3.05) is 20.2 Å². The van der Waals surface area contributed by atoms with Gasteiger partial charge in [0.2, 0.25) is 0 Å². The van der Waals surface area contributed by atoms with Crippen molar-refractivity contribution in [2.24, 2.45) is 0 Å². The summed E-state index contributed by atoms with van der Waals surface area (Å²) in [5.41, 5.74) is 1.27. The van der Waals surface area contributed by atoms with Crippen molar-refractivity contribution in [1.29, 1.82) is 0 Å². The fraction of sp³-hybridized carbons (Fsp3) is 0.538. The molecular weight excluding hydrogens is 186 g/mol. The third-order valence-electron chi connectivity index (χ3n) is 1.86. The Labute approximate surface area is 93.7 Å². The van der Waals surface area contributed by atoms with E-state index in [1.165, 1.54) is 5.56 Å². The molecule has 1 aromatic carbocycles. The van der Waals surface area contributed by atoms with Crippen LogP contribution in [0.15, 0.2) is 24.3 Å². The molecule has 0 saturated carbocycles. The van der Waals surface area contributed by atoms with Gasteiger partial charge in [-0.2, -0.15) is 0 Å². The predicted octanol–water partition coefficient (Wildman–Crippen LogP) is 3.01. The van der Waals surface area contributed by atoms with Gasteiger partial charge in [0, 0.05) is 0 Å². The molecule has 2 nitrogen and oxygen atoms in total. The van der Waals surface area contributed by atoms with Crippen LogP contribution in [-0.4, -0.2) is 20.2 Å². The maximum atomic E-state index is 5.52. The zero-order valence-corrected chi connectivity index (χ0v) is 10.3. The van der Waals surface area contributed by atoms with Crippen molar-refractivity contribution < 1.29 is 4.74 Å². The molecule has 0 unspecified atom stereocenters. The molecule has 0 spiro atoms. The molecule has 0 radical (unpaired) electrons. The third-order valence-corrected chi connectivity index (χ3v) is 1.86. The monoisotopic (exact) mass is 209 g/mol. The van der Waals surface area contributed by atoms with E-state index >= 15 is 0 Å². The molecule has 0 aliphatic heterocycles. The first-order valence-electron chi connectivity index (χ1n) is 5.67. The predicted molar refractivity (Wildman–Crippen MR) is 66.6 cm³/mol. The SMILES string of the molecule is CC.CNCCCOc1ccc(C)cc1. The number of hydrogen-bond donors (Lipinski definition) is 1. The van der Waals surface area contributed by atoms with Crippen molar-refractivity contribution in [3.63, 3.8) is 0 Å². The minimum absolute atomic E-state index is 0.782. The summed E-state index contributed by atoms with van der Waals surface area (Å²) in [7, 11) is 1.95. The number of hydrogen-bond acceptors (Lipinski definition) is 2. The molecule has 0 amide bonds. The maximum absolute atomic E-state index is 5.52. The van der Waals surface area contributed by atoms with E-state index in [1.807, 2.05) is 33.0 Å². The van der Waals surface area contributed by atoms with Gasteiger partial charge in [0.15, 0.2) is 0 Å². The molecule has 0 heterocycles. The summed E-state index contributed by atoms with van der Waals surface area (Å²) in [5.74, 6) is 0.960. The zero-order chi connectivity index (χ0) is 11.5. The Morgan fingerprint density at radius 1 is 1.13 bits per heavy atom. The molecule has 0 atom stereocenters. The number of nitrogens with one attached hydrogen (secondary N) is 1. The minimum atomic E-state index is 0.782. The van der Waals surface area contributed by atoms with Gasteiger partial charge >= 0.3 is 0 Å². The summed E-state index contributed by atoms with van der Waals surface area (Å²) in [5, 5.41) is 3.08. The highest BCUT2D eigenvalue weighted by Gasteiger charge is 1.91. The molecule has 0 aliphatic carbocycles. The number of rotatable bonds is 5. The van der Waals surface area contributed by atoms with Gasteiger partial charge in [0.25, 0.3) is 0 Å². The lowest BCUT2D eigenvalue weighted by Gasteiger charge is -2.05. The Bertz CT molecular complexity index is 231.